The molecule has 2 rings (SSSR count). The molecule has 0 spiro atoms. The first kappa shape index (κ1) is 15.6. The zero-order valence-corrected chi connectivity index (χ0v) is 12.4. The quantitative estimate of drug-likeness (QED) is 0.771. The molecule has 0 aliphatic carbocycles. The van der Waals surface area contributed by atoms with E-state index in [1.165, 1.54) is 6.20 Å². The van der Waals surface area contributed by atoms with Crippen molar-refractivity contribution in [3.63, 3.8) is 0 Å². The lowest BCUT2D eigenvalue weighted by Gasteiger charge is -2.38. The SMILES string of the molecule is CC1(C)CN(C(=O)c2cncc(OS(=O)(=O)F)c2)CCO1. The van der Waals surface area contributed by atoms with Gasteiger partial charge in [-0.25, -0.2) is 0 Å². The second kappa shape index (κ2) is 5.57. The van der Waals surface area contributed by atoms with Crippen LogP contribution in [0.5, 0.6) is 5.75 Å². The number of halogens is 1. The average molecular weight is 318 g/mol. The third-order valence-corrected chi connectivity index (χ3v) is 3.26. The standard InChI is InChI=1S/C12H15FN2O5S/c1-12(2)8-15(3-4-19-12)11(16)9-5-10(7-14-6-9)20-21(13,17)18/h5-7H,3-4,8H2,1-2H3. The van der Waals surface area contributed by atoms with Crippen LogP contribution >= 0.6 is 0 Å². The summed E-state index contributed by atoms with van der Waals surface area (Å²) >= 11 is 0. The van der Waals surface area contributed by atoms with Gasteiger partial charge < -0.3 is 13.8 Å². The lowest BCUT2D eigenvalue weighted by molar-refractivity contribution is -0.0764. The van der Waals surface area contributed by atoms with Gasteiger partial charge in [0.2, 0.25) is 0 Å². The van der Waals surface area contributed by atoms with Crippen LogP contribution in [-0.2, 0) is 15.2 Å². The van der Waals surface area contributed by atoms with Gasteiger partial charge in [0.1, 0.15) is 0 Å². The van der Waals surface area contributed by atoms with E-state index in [4.69, 9.17) is 4.74 Å². The van der Waals surface area contributed by atoms with Gasteiger partial charge in [0, 0.05) is 19.3 Å². The molecule has 1 amide bonds. The molecule has 1 aliphatic heterocycles. The highest BCUT2D eigenvalue weighted by Crippen LogP contribution is 2.20. The lowest BCUT2D eigenvalue weighted by atomic mass is 10.1. The first-order chi connectivity index (χ1) is 9.66. The Labute approximate surface area is 122 Å². The zero-order valence-electron chi connectivity index (χ0n) is 11.6. The summed E-state index contributed by atoms with van der Waals surface area (Å²) in [6.07, 6.45) is 2.28. The Morgan fingerprint density at radius 1 is 1.48 bits per heavy atom. The Bertz CT molecular complexity index is 647. The number of hydrogen-bond acceptors (Lipinski definition) is 6. The van der Waals surface area contributed by atoms with Crippen molar-refractivity contribution in [3.05, 3.63) is 24.0 Å². The minimum absolute atomic E-state index is 0.119. The van der Waals surface area contributed by atoms with Crippen LogP contribution in [0.1, 0.15) is 24.2 Å². The van der Waals surface area contributed by atoms with Gasteiger partial charge in [-0.1, -0.05) is 3.89 Å². The number of pyridine rings is 1. The van der Waals surface area contributed by atoms with Crippen molar-refractivity contribution in [1.82, 2.24) is 9.88 Å². The Morgan fingerprint density at radius 2 is 2.19 bits per heavy atom. The highest BCUT2D eigenvalue weighted by atomic mass is 32.3. The fourth-order valence-electron chi connectivity index (χ4n) is 2.07. The van der Waals surface area contributed by atoms with E-state index in [-0.39, 0.29) is 17.2 Å². The van der Waals surface area contributed by atoms with Crippen LogP contribution < -0.4 is 4.18 Å². The van der Waals surface area contributed by atoms with Crippen LogP contribution in [0.15, 0.2) is 18.5 Å². The van der Waals surface area contributed by atoms with Crippen LogP contribution in [0.25, 0.3) is 0 Å². The van der Waals surface area contributed by atoms with Crippen molar-refractivity contribution >= 4 is 16.4 Å². The summed E-state index contributed by atoms with van der Waals surface area (Å²) in [6.45, 7) is 4.92. The van der Waals surface area contributed by atoms with E-state index >= 15 is 0 Å². The van der Waals surface area contributed by atoms with Crippen LogP contribution in [-0.4, -0.2) is 49.5 Å². The number of rotatable bonds is 3. The molecule has 9 heteroatoms. The highest BCUT2D eigenvalue weighted by Gasteiger charge is 2.30. The molecule has 7 nitrogen and oxygen atoms in total. The van der Waals surface area contributed by atoms with Gasteiger partial charge in [0.05, 0.1) is 24.0 Å². The summed E-state index contributed by atoms with van der Waals surface area (Å²) < 4.78 is 42.9. The monoisotopic (exact) mass is 318 g/mol. The molecule has 116 valence electrons. The molecular weight excluding hydrogens is 303 g/mol. The van der Waals surface area contributed by atoms with E-state index in [2.05, 4.69) is 9.17 Å². The number of morpholine rings is 1. The molecule has 1 aromatic heterocycles. The maximum atomic E-state index is 12.5. The topological polar surface area (TPSA) is 85.8 Å². The summed E-state index contributed by atoms with van der Waals surface area (Å²) in [5, 5.41) is 0. The number of carbonyl (C=O) groups excluding carboxylic acids is 1. The summed E-state index contributed by atoms with van der Waals surface area (Å²) in [7, 11) is -5.15. The van der Waals surface area contributed by atoms with Crippen LogP contribution in [0.3, 0.4) is 0 Å². The predicted molar refractivity (Wildman–Crippen MR) is 70.8 cm³/mol. The number of hydrogen-bond donors (Lipinski definition) is 0. The number of ether oxygens (including phenoxy) is 1. The number of carbonyl (C=O) groups is 1. The fourth-order valence-corrected chi connectivity index (χ4v) is 2.39. The number of amides is 1. The van der Waals surface area contributed by atoms with Crippen LogP contribution in [0.2, 0.25) is 0 Å². The predicted octanol–water partition coefficient (Wildman–Crippen LogP) is 0.926. The molecule has 0 N–H and O–H groups in total. The fraction of sp³-hybridized carbons (Fsp3) is 0.500. The molecule has 1 fully saturated rings. The molecule has 0 saturated carbocycles. The van der Waals surface area contributed by atoms with E-state index < -0.39 is 16.1 Å². The minimum atomic E-state index is -5.15. The lowest BCUT2D eigenvalue weighted by Crippen LogP contribution is -2.50. The summed E-state index contributed by atoms with van der Waals surface area (Å²) in [5.41, 5.74) is -0.341. The first-order valence-corrected chi connectivity index (χ1v) is 7.49. The largest absolute Gasteiger partial charge is 0.488 e. The minimum Gasteiger partial charge on any atom is -0.372 e. The smallest absolute Gasteiger partial charge is 0.372 e. The van der Waals surface area contributed by atoms with Crippen LogP contribution in [0.4, 0.5) is 3.89 Å². The molecule has 0 aromatic carbocycles. The van der Waals surface area contributed by atoms with Gasteiger partial charge in [0.15, 0.2) is 5.75 Å². The van der Waals surface area contributed by atoms with E-state index in [0.29, 0.717) is 19.7 Å². The molecule has 1 saturated heterocycles. The normalized spacial score (nSPS) is 18.3. The Balaban J connectivity index is 2.18. The van der Waals surface area contributed by atoms with Crippen molar-refractivity contribution in [2.45, 2.75) is 19.4 Å². The summed E-state index contributed by atoms with van der Waals surface area (Å²) in [6, 6.07) is 1.13. The zero-order chi connectivity index (χ0) is 15.7. The Hall–Kier alpha value is -1.74. The van der Waals surface area contributed by atoms with Crippen molar-refractivity contribution in [2.24, 2.45) is 0 Å². The first-order valence-electron chi connectivity index (χ1n) is 6.19. The third kappa shape index (κ3) is 4.36. The van der Waals surface area contributed by atoms with Gasteiger partial charge >= 0.3 is 10.5 Å². The number of aromatic nitrogens is 1. The van der Waals surface area contributed by atoms with Gasteiger partial charge in [0.25, 0.3) is 5.91 Å². The molecular formula is C12H15FN2O5S. The van der Waals surface area contributed by atoms with Crippen molar-refractivity contribution in [3.8, 4) is 5.75 Å². The molecule has 1 aromatic rings. The van der Waals surface area contributed by atoms with E-state index in [0.717, 1.165) is 12.3 Å². The Morgan fingerprint density at radius 3 is 2.81 bits per heavy atom. The van der Waals surface area contributed by atoms with E-state index in [9.17, 15) is 17.1 Å². The van der Waals surface area contributed by atoms with Gasteiger partial charge in [-0.2, -0.15) is 8.42 Å². The van der Waals surface area contributed by atoms with Crippen molar-refractivity contribution in [1.29, 1.82) is 0 Å². The van der Waals surface area contributed by atoms with Crippen LogP contribution in [0, 0.1) is 0 Å². The molecule has 1 aliphatic rings. The third-order valence-electron chi connectivity index (χ3n) is 2.87. The molecule has 0 unspecified atom stereocenters. The van der Waals surface area contributed by atoms with Crippen molar-refractivity contribution in [2.75, 3.05) is 19.7 Å². The highest BCUT2D eigenvalue weighted by molar-refractivity contribution is 7.81. The van der Waals surface area contributed by atoms with E-state index in [1.807, 2.05) is 13.8 Å². The maximum absolute atomic E-state index is 12.5. The molecule has 21 heavy (non-hydrogen) atoms. The number of nitrogens with zero attached hydrogens (tertiary/aromatic N) is 2. The molecule has 0 radical (unpaired) electrons. The van der Waals surface area contributed by atoms with E-state index in [1.54, 1.807) is 4.90 Å². The maximum Gasteiger partial charge on any atom is 0.488 e. The summed E-state index contributed by atoms with van der Waals surface area (Å²) in [4.78, 5) is 17.6. The van der Waals surface area contributed by atoms with Gasteiger partial charge in [-0.05, 0) is 19.9 Å². The average Bonchev–Trinajstić information content (AvgIpc) is 2.35. The second-order valence-electron chi connectivity index (χ2n) is 5.22. The van der Waals surface area contributed by atoms with Crippen molar-refractivity contribution < 1.29 is 26.0 Å². The van der Waals surface area contributed by atoms with Gasteiger partial charge in [-0.15, -0.1) is 0 Å². The second-order valence-corrected chi connectivity index (χ2v) is 6.17. The molecule has 0 atom stereocenters. The molecule has 2 heterocycles. The Kier molecular flexibility index (Phi) is 4.15. The molecule has 0 bridgehead atoms. The summed E-state index contributed by atoms with van der Waals surface area (Å²) in [5.74, 6) is -0.698. The van der Waals surface area contributed by atoms with Gasteiger partial charge in [-0.3, -0.25) is 9.78 Å².